The second kappa shape index (κ2) is 5.05. The minimum absolute atomic E-state index is 0.230. The van der Waals surface area contributed by atoms with Crippen LogP contribution < -0.4 is 0 Å². The first-order chi connectivity index (χ1) is 7.24. The van der Waals surface area contributed by atoms with Crippen molar-refractivity contribution in [1.82, 2.24) is 0 Å². The van der Waals surface area contributed by atoms with Crippen LogP contribution in [0.4, 0.5) is 0 Å². The van der Waals surface area contributed by atoms with Gasteiger partial charge in [-0.25, -0.2) is 0 Å². The van der Waals surface area contributed by atoms with Crippen molar-refractivity contribution in [2.75, 3.05) is 19.1 Å². The summed E-state index contributed by atoms with van der Waals surface area (Å²) in [5, 5.41) is 0. The summed E-state index contributed by atoms with van der Waals surface area (Å²) in [4.78, 5) is 1.34. The third-order valence-corrected chi connectivity index (χ3v) is 4.81. The molecule has 0 radical (unpaired) electrons. The normalized spacial score (nSPS) is 20.4. The van der Waals surface area contributed by atoms with Crippen LogP contribution in [0.2, 0.25) is 4.34 Å². The highest BCUT2D eigenvalue weighted by molar-refractivity contribution is 7.16. The molecule has 0 bridgehead atoms. The summed E-state index contributed by atoms with van der Waals surface area (Å²) in [6, 6.07) is 4.07. The zero-order chi connectivity index (χ0) is 10.7. The monoisotopic (exact) mass is 264 g/mol. The molecule has 2 heterocycles. The SMILES string of the molecule is ClCC1(Cc2ccc(Cl)s2)CCOCC1. The molecule has 84 valence electrons. The molecule has 1 saturated heterocycles. The van der Waals surface area contributed by atoms with Crippen molar-refractivity contribution in [1.29, 1.82) is 0 Å². The lowest BCUT2D eigenvalue weighted by molar-refractivity contribution is 0.0261. The van der Waals surface area contributed by atoms with E-state index in [0.29, 0.717) is 5.88 Å². The molecule has 1 aliphatic rings. The van der Waals surface area contributed by atoms with Gasteiger partial charge in [-0.05, 0) is 36.8 Å². The van der Waals surface area contributed by atoms with Crippen molar-refractivity contribution in [3.8, 4) is 0 Å². The van der Waals surface area contributed by atoms with E-state index in [1.165, 1.54) is 4.88 Å². The molecule has 1 aromatic heterocycles. The highest BCUT2D eigenvalue weighted by atomic mass is 35.5. The van der Waals surface area contributed by atoms with Crippen LogP contribution in [0, 0.1) is 5.41 Å². The highest BCUT2D eigenvalue weighted by Gasteiger charge is 2.32. The smallest absolute Gasteiger partial charge is 0.0931 e. The van der Waals surface area contributed by atoms with Crippen LogP contribution in [-0.2, 0) is 11.2 Å². The van der Waals surface area contributed by atoms with Gasteiger partial charge >= 0.3 is 0 Å². The topological polar surface area (TPSA) is 9.23 Å². The van der Waals surface area contributed by atoms with Gasteiger partial charge in [-0.3, -0.25) is 0 Å². The zero-order valence-electron chi connectivity index (χ0n) is 8.47. The number of ether oxygens (including phenoxy) is 1. The molecule has 1 fully saturated rings. The minimum atomic E-state index is 0.230. The quantitative estimate of drug-likeness (QED) is 0.751. The summed E-state index contributed by atoms with van der Waals surface area (Å²) in [7, 11) is 0. The van der Waals surface area contributed by atoms with Gasteiger partial charge in [-0.1, -0.05) is 11.6 Å². The molecule has 0 spiro atoms. The first-order valence-electron chi connectivity index (χ1n) is 5.12. The Morgan fingerprint density at radius 3 is 2.60 bits per heavy atom. The van der Waals surface area contributed by atoms with Crippen molar-refractivity contribution in [3.05, 3.63) is 21.3 Å². The predicted octanol–water partition coefficient (Wildman–Crippen LogP) is 3.98. The summed E-state index contributed by atoms with van der Waals surface area (Å²) in [6.07, 6.45) is 3.16. The summed E-state index contributed by atoms with van der Waals surface area (Å²) < 4.78 is 6.25. The maximum Gasteiger partial charge on any atom is 0.0931 e. The molecule has 0 atom stereocenters. The molecular formula is C11H14Cl2OS. The van der Waals surface area contributed by atoms with E-state index >= 15 is 0 Å². The molecule has 15 heavy (non-hydrogen) atoms. The Morgan fingerprint density at radius 1 is 1.33 bits per heavy atom. The van der Waals surface area contributed by atoms with Crippen LogP contribution in [0.25, 0.3) is 0 Å². The lowest BCUT2D eigenvalue weighted by Crippen LogP contribution is -2.33. The van der Waals surface area contributed by atoms with Gasteiger partial charge in [0.25, 0.3) is 0 Å². The van der Waals surface area contributed by atoms with Crippen molar-refractivity contribution >= 4 is 34.5 Å². The summed E-state index contributed by atoms with van der Waals surface area (Å²) in [5.74, 6) is 0.714. The molecular weight excluding hydrogens is 251 g/mol. The molecule has 1 aromatic rings. The lowest BCUT2D eigenvalue weighted by Gasteiger charge is -2.35. The van der Waals surface area contributed by atoms with E-state index in [0.717, 1.165) is 36.8 Å². The number of hydrogen-bond donors (Lipinski definition) is 0. The van der Waals surface area contributed by atoms with Gasteiger partial charge in [0.1, 0.15) is 0 Å². The molecule has 4 heteroatoms. The molecule has 0 saturated carbocycles. The average molecular weight is 265 g/mol. The van der Waals surface area contributed by atoms with Gasteiger partial charge in [-0.2, -0.15) is 0 Å². The number of hydrogen-bond acceptors (Lipinski definition) is 2. The zero-order valence-corrected chi connectivity index (χ0v) is 10.8. The summed E-state index contributed by atoms with van der Waals surface area (Å²) in [5.41, 5.74) is 0.230. The van der Waals surface area contributed by atoms with E-state index < -0.39 is 0 Å². The Bertz CT molecular complexity index is 318. The Morgan fingerprint density at radius 2 is 2.07 bits per heavy atom. The first kappa shape index (κ1) is 11.7. The van der Waals surface area contributed by atoms with E-state index in [4.69, 9.17) is 27.9 Å². The maximum atomic E-state index is 6.11. The Labute approximate surface area is 104 Å². The number of thiophene rings is 1. The van der Waals surface area contributed by atoms with Crippen molar-refractivity contribution in [2.45, 2.75) is 19.3 Å². The van der Waals surface area contributed by atoms with Crippen LogP contribution in [0.15, 0.2) is 12.1 Å². The third kappa shape index (κ3) is 2.88. The van der Waals surface area contributed by atoms with E-state index in [1.54, 1.807) is 11.3 Å². The third-order valence-electron chi connectivity index (χ3n) is 3.02. The van der Waals surface area contributed by atoms with E-state index in [2.05, 4.69) is 6.07 Å². The van der Waals surface area contributed by atoms with Gasteiger partial charge in [0.2, 0.25) is 0 Å². The van der Waals surface area contributed by atoms with E-state index in [1.807, 2.05) is 6.07 Å². The standard InChI is InChI=1S/C11H14Cl2OS/c12-8-11(3-5-14-6-4-11)7-9-1-2-10(13)15-9/h1-2H,3-8H2. The van der Waals surface area contributed by atoms with Crippen LogP contribution in [0.5, 0.6) is 0 Å². The molecule has 0 amide bonds. The van der Waals surface area contributed by atoms with Gasteiger partial charge in [0.05, 0.1) is 4.34 Å². The molecule has 1 nitrogen and oxygen atoms in total. The van der Waals surface area contributed by atoms with Gasteiger partial charge in [0.15, 0.2) is 0 Å². The number of rotatable bonds is 3. The van der Waals surface area contributed by atoms with E-state index in [-0.39, 0.29) is 5.41 Å². The average Bonchev–Trinajstić information content (AvgIpc) is 2.65. The summed E-state index contributed by atoms with van der Waals surface area (Å²) >= 11 is 13.7. The van der Waals surface area contributed by atoms with Gasteiger partial charge < -0.3 is 4.74 Å². The predicted molar refractivity (Wildman–Crippen MR) is 66.2 cm³/mol. The van der Waals surface area contributed by atoms with Crippen LogP contribution in [0.1, 0.15) is 17.7 Å². The lowest BCUT2D eigenvalue weighted by atomic mass is 9.79. The highest BCUT2D eigenvalue weighted by Crippen LogP contribution is 2.37. The molecule has 0 aromatic carbocycles. The molecule has 1 aliphatic heterocycles. The minimum Gasteiger partial charge on any atom is -0.381 e. The van der Waals surface area contributed by atoms with Crippen LogP contribution >= 0.6 is 34.5 Å². The molecule has 0 unspecified atom stereocenters. The summed E-state index contributed by atoms with van der Waals surface area (Å²) in [6.45, 7) is 1.68. The van der Waals surface area contributed by atoms with Crippen LogP contribution in [0.3, 0.4) is 0 Å². The second-order valence-corrected chi connectivity index (χ2v) is 6.20. The van der Waals surface area contributed by atoms with Gasteiger partial charge in [-0.15, -0.1) is 22.9 Å². The Hall–Kier alpha value is 0.240. The van der Waals surface area contributed by atoms with Gasteiger partial charge in [0, 0.05) is 24.0 Å². The van der Waals surface area contributed by atoms with Crippen molar-refractivity contribution in [2.24, 2.45) is 5.41 Å². The van der Waals surface area contributed by atoms with Crippen molar-refractivity contribution in [3.63, 3.8) is 0 Å². The molecule has 2 rings (SSSR count). The largest absolute Gasteiger partial charge is 0.381 e. The number of alkyl halides is 1. The first-order valence-corrected chi connectivity index (χ1v) is 6.85. The fourth-order valence-electron chi connectivity index (χ4n) is 1.98. The van der Waals surface area contributed by atoms with Crippen molar-refractivity contribution < 1.29 is 4.74 Å². The Balaban J connectivity index is 2.06. The molecule has 0 N–H and O–H groups in total. The fourth-order valence-corrected chi connectivity index (χ4v) is 3.60. The fraction of sp³-hybridized carbons (Fsp3) is 0.636. The second-order valence-electron chi connectivity index (χ2n) is 4.13. The van der Waals surface area contributed by atoms with Crippen LogP contribution in [-0.4, -0.2) is 19.1 Å². The molecule has 0 aliphatic carbocycles. The van der Waals surface area contributed by atoms with E-state index in [9.17, 15) is 0 Å². The number of halogens is 2. The maximum absolute atomic E-state index is 6.11. The Kier molecular flexibility index (Phi) is 3.94.